The molecule has 0 N–H and O–H groups in total. The molecule has 0 atom stereocenters. The second-order valence-electron chi connectivity index (χ2n) is 3.91. The molecule has 0 saturated heterocycles. The van der Waals surface area contributed by atoms with Crippen LogP contribution in [0.3, 0.4) is 0 Å². The topological polar surface area (TPSA) is 9.23 Å². The lowest BCUT2D eigenvalue weighted by atomic mass is 10.1. The third kappa shape index (κ3) is 3.41. The molecule has 2 aromatic carbocycles. The van der Waals surface area contributed by atoms with Gasteiger partial charge < -0.3 is 4.74 Å². The van der Waals surface area contributed by atoms with E-state index in [-0.39, 0.29) is 4.47 Å². The lowest BCUT2D eigenvalue weighted by Crippen LogP contribution is -1.86. The van der Waals surface area contributed by atoms with Crippen molar-refractivity contribution in [3.8, 4) is 5.75 Å². The molecule has 0 aromatic heterocycles. The summed E-state index contributed by atoms with van der Waals surface area (Å²) >= 11 is 2.84. The van der Waals surface area contributed by atoms with Gasteiger partial charge in [-0.15, -0.1) is 0 Å². The first-order valence-electron chi connectivity index (χ1n) is 5.57. The lowest BCUT2D eigenvalue weighted by Gasteiger charge is -2.01. The smallest absolute Gasteiger partial charge is 0.140 e. The summed E-state index contributed by atoms with van der Waals surface area (Å²) in [4.78, 5) is 0. The van der Waals surface area contributed by atoms with Gasteiger partial charge in [-0.05, 0) is 51.3 Å². The van der Waals surface area contributed by atoms with Gasteiger partial charge in [0, 0.05) is 0 Å². The van der Waals surface area contributed by atoms with Gasteiger partial charge in [0.15, 0.2) is 0 Å². The zero-order valence-electron chi connectivity index (χ0n) is 10.2. The molecule has 1 nitrogen and oxygen atoms in total. The van der Waals surface area contributed by atoms with Crippen molar-refractivity contribution in [3.63, 3.8) is 0 Å². The van der Waals surface area contributed by atoms with Crippen LogP contribution in [0.25, 0.3) is 12.2 Å². The van der Waals surface area contributed by atoms with Gasteiger partial charge in [-0.2, -0.15) is 0 Å². The van der Waals surface area contributed by atoms with Crippen LogP contribution in [0.1, 0.15) is 11.1 Å². The van der Waals surface area contributed by atoms with E-state index in [2.05, 4.69) is 15.9 Å². The van der Waals surface area contributed by atoms with Crippen LogP contribution < -0.4 is 4.74 Å². The molecule has 0 aliphatic rings. The Bertz CT molecular complexity index is 583. The van der Waals surface area contributed by atoms with E-state index in [0.29, 0.717) is 5.56 Å². The average molecular weight is 325 g/mol. The highest BCUT2D eigenvalue weighted by atomic mass is 79.9. The average Bonchev–Trinajstić information content (AvgIpc) is 2.43. The van der Waals surface area contributed by atoms with Crippen LogP contribution in [0.4, 0.5) is 8.78 Å². The number of benzene rings is 2. The molecular weight excluding hydrogens is 314 g/mol. The van der Waals surface area contributed by atoms with Gasteiger partial charge in [-0.25, -0.2) is 8.78 Å². The van der Waals surface area contributed by atoms with Gasteiger partial charge in [0.2, 0.25) is 0 Å². The van der Waals surface area contributed by atoms with Crippen LogP contribution in [0, 0.1) is 11.6 Å². The normalized spacial score (nSPS) is 10.9. The highest BCUT2D eigenvalue weighted by Gasteiger charge is 2.06. The van der Waals surface area contributed by atoms with Crippen molar-refractivity contribution in [2.45, 2.75) is 0 Å². The largest absolute Gasteiger partial charge is 0.497 e. The summed E-state index contributed by atoms with van der Waals surface area (Å²) in [5, 5.41) is 0. The molecule has 0 unspecified atom stereocenters. The van der Waals surface area contributed by atoms with Gasteiger partial charge >= 0.3 is 0 Å². The first-order chi connectivity index (χ1) is 9.10. The summed E-state index contributed by atoms with van der Waals surface area (Å²) in [5.41, 5.74) is 1.39. The Hall–Kier alpha value is -1.68. The van der Waals surface area contributed by atoms with E-state index < -0.39 is 11.6 Å². The minimum atomic E-state index is -0.616. The van der Waals surface area contributed by atoms with Gasteiger partial charge in [0.05, 0.1) is 11.6 Å². The van der Waals surface area contributed by atoms with Crippen LogP contribution >= 0.6 is 15.9 Å². The Balaban J connectivity index is 2.22. The third-order valence-electron chi connectivity index (χ3n) is 2.59. The zero-order valence-corrected chi connectivity index (χ0v) is 11.7. The Morgan fingerprint density at radius 2 is 1.47 bits per heavy atom. The Morgan fingerprint density at radius 1 is 0.947 bits per heavy atom. The van der Waals surface area contributed by atoms with E-state index in [1.54, 1.807) is 19.3 Å². The van der Waals surface area contributed by atoms with Crippen molar-refractivity contribution >= 4 is 28.1 Å². The fourth-order valence-corrected chi connectivity index (χ4v) is 1.81. The highest BCUT2D eigenvalue weighted by Crippen LogP contribution is 2.22. The number of rotatable bonds is 3. The van der Waals surface area contributed by atoms with E-state index in [9.17, 15) is 8.78 Å². The number of halogens is 3. The lowest BCUT2D eigenvalue weighted by molar-refractivity contribution is 0.415. The molecule has 0 aliphatic carbocycles. The second kappa shape index (κ2) is 5.97. The van der Waals surface area contributed by atoms with Crippen LogP contribution in [0.15, 0.2) is 40.9 Å². The van der Waals surface area contributed by atoms with Gasteiger partial charge in [0.1, 0.15) is 17.4 Å². The minimum absolute atomic E-state index is 0.144. The molecule has 98 valence electrons. The summed E-state index contributed by atoms with van der Waals surface area (Å²) in [6.45, 7) is 0. The van der Waals surface area contributed by atoms with Crippen molar-refractivity contribution in [2.75, 3.05) is 7.11 Å². The first-order valence-corrected chi connectivity index (χ1v) is 6.36. The molecule has 19 heavy (non-hydrogen) atoms. The predicted octanol–water partition coefficient (Wildman–Crippen LogP) is 4.91. The molecule has 0 amide bonds. The molecule has 0 saturated carbocycles. The molecule has 4 heteroatoms. The Labute approximate surface area is 118 Å². The molecule has 0 radical (unpaired) electrons. The van der Waals surface area contributed by atoms with Gasteiger partial charge in [-0.3, -0.25) is 0 Å². The van der Waals surface area contributed by atoms with E-state index in [4.69, 9.17) is 4.74 Å². The molecule has 2 aromatic rings. The number of ether oxygens (including phenoxy) is 1. The molecule has 0 bridgehead atoms. The van der Waals surface area contributed by atoms with Crippen molar-refractivity contribution in [1.29, 1.82) is 0 Å². The summed E-state index contributed by atoms with van der Waals surface area (Å²) in [5.74, 6) is -0.471. The summed E-state index contributed by atoms with van der Waals surface area (Å²) in [6.07, 6.45) is 3.43. The maximum absolute atomic E-state index is 13.3. The van der Waals surface area contributed by atoms with Gasteiger partial charge in [-0.1, -0.05) is 24.3 Å². The van der Waals surface area contributed by atoms with E-state index in [1.807, 2.05) is 24.3 Å². The number of hydrogen-bond donors (Lipinski definition) is 0. The zero-order chi connectivity index (χ0) is 13.8. The Morgan fingerprint density at radius 3 is 2.00 bits per heavy atom. The van der Waals surface area contributed by atoms with E-state index in [1.165, 1.54) is 12.1 Å². The standard InChI is InChI=1S/C15H11BrF2O/c1-19-12-6-4-10(5-7-12)2-3-11-8-13(17)15(16)14(18)9-11/h2-9H,1H3/b3-2+. The maximum atomic E-state index is 13.3. The van der Waals surface area contributed by atoms with Crippen molar-refractivity contribution in [1.82, 2.24) is 0 Å². The fraction of sp³-hybridized carbons (Fsp3) is 0.0667. The molecule has 0 fully saturated rings. The molecule has 0 aliphatic heterocycles. The maximum Gasteiger partial charge on any atom is 0.140 e. The molecule has 0 spiro atoms. The second-order valence-corrected chi connectivity index (χ2v) is 4.70. The van der Waals surface area contributed by atoms with Crippen molar-refractivity contribution in [3.05, 3.63) is 63.6 Å². The predicted molar refractivity (Wildman–Crippen MR) is 76.0 cm³/mol. The summed E-state index contributed by atoms with van der Waals surface area (Å²) in [6, 6.07) is 9.91. The van der Waals surface area contributed by atoms with Gasteiger partial charge in [0.25, 0.3) is 0 Å². The van der Waals surface area contributed by atoms with Crippen molar-refractivity contribution in [2.24, 2.45) is 0 Å². The highest BCUT2D eigenvalue weighted by molar-refractivity contribution is 9.10. The SMILES string of the molecule is COc1ccc(/C=C/c2cc(F)c(Br)c(F)c2)cc1. The van der Waals surface area contributed by atoms with Crippen LogP contribution in [-0.2, 0) is 0 Å². The van der Waals surface area contributed by atoms with Crippen LogP contribution in [-0.4, -0.2) is 7.11 Å². The molecular formula is C15H11BrF2O. The van der Waals surface area contributed by atoms with E-state index in [0.717, 1.165) is 11.3 Å². The third-order valence-corrected chi connectivity index (χ3v) is 3.35. The van der Waals surface area contributed by atoms with Crippen molar-refractivity contribution < 1.29 is 13.5 Å². The quantitative estimate of drug-likeness (QED) is 0.576. The van der Waals surface area contributed by atoms with Crippen LogP contribution in [0.2, 0.25) is 0 Å². The first kappa shape index (κ1) is 13.7. The number of methoxy groups -OCH3 is 1. The van der Waals surface area contributed by atoms with Crippen LogP contribution in [0.5, 0.6) is 5.75 Å². The molecule has 2 rings (SSSR count). The summed E-state index contributed by atoms with van der Waals surface area (Å²) < 4.78 is 31.6. The Kier molecular flexibility index (Phi) is 4.32. The summed E-state index contributed by atoms with van der Waals surface area (Å²) in [7, 11) is 1.60. The monoisotopic (exact) mass is 324 g/mol. The minimum Gasteiger partial charge on any atom is -0.497 e. The molecule has 0 heterocycles. The van der Waals surface area contributed by atoms with E-state index >= 15 is 0 Å². The fourth-order valence-electron chi connectivity index (χ4n) is 1.58. The number of hydrogen-bond acceptors (Lipinski definition) is 1.